The number of carbonyl (C=O) groups is 1. The van der Waals surface area contributed by atoms with Crippen LogP contribution < -0.4 is 4.90 Å². The van der Waals surface area contributed by atoms with Crippen molar-refractivity contribution in [2.45, 2.75) is 32.7 Å². The zero-order chi connectivity index (χ0) is 18.3. The first-order chi connectivity index (χ1) is 12.5. The summed E-state index contributed by atoms with van der Waals surface area (Å²) in [4.78, 5) is 18.1. The highest BCUT2D eigenvalue weighted by atomic mass is 32.1. The molecule has 0 bridgehead atoms. The molecule has 2 aromatic heterocycles. The zero-order valence-corrected chi connectivity index (χ0v) is 15.2. The lowest BCUT2D eigenvalue weighted by Gasteiger charge is -2.25. The van der Waals surface area contributed by atoms with Crippen LogP contribution in [-0.2, 0) is 6.54 Å². The molecule has 0 spiro atoms. The number of aromatic carboxylic acids is 1. The van der Waals surface area contributed by atoms with Crippen molar-refractivity contribution < 1.29 is 14.3 Å². The number of anilines is 1. The van der Waals surface area contributed by atoms with E-state index in [1.165, 1.54) is 36.0 Å². The number of nitrogens with zero attached hydrogens (tertiary/aromatic N) is 4. The van der Waals surface area contributed by atoms with Crippen LogP contribution in [0.3, 0.4) is 0 Å². The van der Waals surface area contributed by atoms with Crippen molar-refractivity contribution in [3.8, 4) is 0 Å². The molecule has 0 unspecified atom stereocenters. The number of benzene rings is 1. The summed E-state index contributed by atoms with van der Waals surface area (Å²) in [5.41, 5.74) is 2.18. The summed E-state index contributed by atoms with van der Waals surface area (Å²) in [5.74, 6) is -1.39. The molecule has 8 heteroatoms. The van der Waals surface area contributed by atoms with Gasteiger partial charge in [0.05, 0.1) is 16.8 Å². The molecule has 1 aliphatic heterocycles. The molecule has 1 N–H and O–H groups in total. The monoisotopic (exact) mass is 374 g/mol. The van der Waals surface area contributed by atoms with E-state index in [4.69, 9.17) is 10.1 Å². The molecular formula is C18H19FN4O2S. The molecule has 3 aromatic rings. The van der Waals surface area contributed by atoms with Crippen molar-refractivity contribution in [3.05, 3.63) is 41.0 Å². The number of rotatable bonds is 4. The van der Waals surface area contributed by atoms with E-state index in [2.05, 4.69) is 10.00 Å². The van der Waals surface area contributed by atoms with Crippen LogP contribution in [0.5, 0.6) is 0 Å². The predicted molar refractivity (Wildman–Crippen MR) is 98.7 cm³/mol. The Morgan fingerprint density at radius 2 is 2.04 bits per heavy atom. The second-order valence-corrected chi connectivity index (χ2v) is 7.60. The Labute approximate surface area is 153 Å². The molecule has 0 atom stereocenters. The van der Waals surface area contributed by atoms with Crippen LogP contribution in [0.1, 0.15) is 41.0 Å². The van der Waals surface area contributed by atoms with Gasteiger partial charge in [0.15, 0.2) is 10.8 Å². The normalized spacial score (nSPS) is 14.9. The van der Waals surface area contributed by atoms with Crippen molar-refractivity contribution in [2.75, 3.05) is 18.0 Å². The van der Waals surface area contributed by atoms with Crippen LogP contribution in [0, 0.1) is 12.7 Å². The summed E-state index contributed by atoms with van der Waals surface area (Å²) in [6.07, 6.45) is 3.55. The van der Waals surface area contributed by atoms with Crippen molar-refractivity contribution in [2.24, 2.45) is 0 Å². The fraction of sp³-hybridized carbons (Fsp3) is 0.389. The van der Waals surface area contributed by atoms with Crippen LogP contribution in [0.4, 0.5) is 9.52 Å². The van der Waals surface area contributed by atoms with Crippen LogP contribution in [0.15, 0.2) is 18.2 Å². The van der Waals surface area contributed by atoms with Gasteiger partial charge in [-0.25, -0.2) is 14.2 Å². The standard InChI is InChI=1S/C18H19FN4O2S/c1-11-7-14(17(24)25)21-23(11)10-12-8-13(19)9-15-16(12)20-18(26-15)22-5-3-2-4-6-22/h7-9H,2-6,10H2,1H3,(H,24,25). The molecule has 1 fully saturated rings. The summed E-state index contributed by atoms with van der Waals surface area (Å²) < 4.78 is 16.5. The van der Waals surface area contributed by atoms with Crippen LogP contribution in [0.2, 0.25) is 0 Å². The van der Waals surface area contributed by atoms with Gasteiger partial charge in [-0.2, -0.15) is 5.10 Å². The van der Waals surface area contributed by atoms with E-state index in [0.29, 0.717) is 11.3 Å². The average molecular weight is 374 g/mol. The number of carboxylic acid groups (broad SMARTS) is 1. The average Bonchev–Trinajstić information content (AvgIpc) is 3.20. The lowest BCUT2D eigenvalue weighted by atomic mass is 10.1. The first-order valence-electron chi connectivity index (χ1n) is 8.63. The molecule has 1 aliphatic rings. The van der Waals surface area contributed by atoms with Gasteiger partial charge >= 0.3 is 5.97 Å². The Hall–Kier alpha value is -2.48. The minimum absolute atomic E-state index is 0.0116. The van der Waals surface area contributed by atoms with Gasteiger partial charge in [-0.3, -0.25) is 4.68 Å². The lowest BCUT2D eigenvalue weighted by Crippen LogP contribution is -2.29. The summed E-state index contributed by atoms with van der Waals surface area (Å²) in [5, 5.41) is 14.1. The Morgan fingerprint density at radius 3 is 2.73 bits per heavy atom. The minimum atomic E-state index is -1.07. The number of thiazole rings is 1. The summed E-state index contributed by atoms with van der Waals surface area (Å²) in [6, 6.07) is 4.49. The number of hydrogen-bond acceptors (Lipinski definition) is 5. The van der Waals surface area contributed by atoms with Gasteiger partial charge in [0.25, 0.3) is 0 Å². The van der Waals surface area contributed by atoms with E-state index in [1.54, 1.807) is 11.6 Å². The Morgan fingerprint density at radius 1 is 1.27 bits per heavy atom. The Kier molecular flexibility index (Phi) is 4.36. The lowest BCUT2D eigenvalue weighted by molar-refractivity contribution is 0.0689. The Balaban J connectivity index is 1.72. The van der Waals surface area contributed by atoms with Gasteiger partial charge < -0.3 is 10.0 Å². The third-order valence-electron chi connectivity index (χ3n) is 4.67. The van der Waals surface area contributed by atoms with Crippen LogP contribution in [0.25, 0.3) is 10.2 Å². The maximum absolute atomic E-state index is 14.1. The number of fused-ring (bicyclic) bond motifs is 1. The van der Waals surface area contributed by atoms with Crippen molar-refractivity contribution in [1.82, 2.24) is 14.8 Å². The minimum Gasteiger partial charge on any atom is -0.476 e. The number of aromatic nitrogens is 3. The van der Waals surface area contributed by atoms with Gasteiger partial charge in [0, 0.05) is 24.3 Å². The number of hydrogen-bond donors (Lipinski definition) is 1. The van der Waals surface area contributed by atoms with E-state index < -0.39 is 5.97 Å². The Bertz CT molecular complexity index is 975. The van der Waals surface area contributed by atoms with Crippen molar-refractivity contribution in [3.63, 3.8) is 0 Å². The molecule has 6 nitrogen and oxygen atoms in total. The second kappa shape index (κ2) is 6.68. The van der Waals surface area contributed by atoms with Gasteiger partial charge in [-0.05, 0) is 44.4 Å². The smallest absolute Gasteiger partial charge is 0.356 e. The molecule has 4 rings (SSSR count). The van der Waals surface area contributed by atoms with E-state index in [0.717, 1.165) is 41.3 Å². The summed E-state index contributed by atoms with van der Waals surface area (Å²) >= 11 is 1.51. The number of piperidine rings is 1. The second-order valence-electron chi connectivity index (χ2n) is 6.59. The van der Waals surface area contributed by atoms with Gasteiger partial charge in [-0.1, -0.05) is 11.3 Å². The highest BCUT2D eigenvalue weighted by Gasteiger charge is 2.18. The number of carboxylic acids is 1. The topological polar surface area (TPSA) is 71.2 Å². The van der Waals surface area contributed by atoms with Crippen LogP contribution >= 0.6 is 11.3 Å². The molecule has 0 aliphatic carbocycles. The quantitative estimate of drug-likeness (QED) is 0.754. The number of halogens is 1. The third kappa shape index (κ3) is 3.16. The first kappa shape index (κ1) is 17.0. The molecule has 1 saturated heterocycles. The molecule has 136 valence electrons. The molecule has 26 heavy (non-hydrogen) atoms. The van der Waals surface area contributed by atoms with Gasteiger partial charge in [-0.15, -0.1) is 0 Å². The highest BCUT2D eigenvalue weighted by Crippen LogP contribution is 2.33. The van der Waals surface area contributed by atoms with E-state index in [-0.39, 0.29) is 18.1 Å². The summed E-state index contributed by atoms with van der Waals surface area (Å²) in [6.45, 7) is 4.04. The summed E-state index contributed by atoms with van der Waals surface area (Å²) in [7, 11) is 0. The fourth-order valence-electron chi connectivity index (χ4n) is 3.33. The SMILES string of the molecule is Cc1cc(C(=O)O)nn1Cc1cc(F)cc2sc(N3CCCCC3)nc12. The van der Waals surface area contributed by atoms with Gasteiger partial charge in [0.2, 0.25) is 0 Å². The van der Waals surface area contributed by atoms with Crippen LogP contribution in [-0.4, -0.2) is 38.9 Å². The van der Waals surface area contributed by atoms with E-state index in [9.17, 15) is 9.18 Å². The van der Waals surface area contributed by atoms with Gasteiger partial charge in [0.1, 0.15) is 5.82 Å². The largest absolute Gasteiger partial charge is 0.476 e. The first-order valence-corrected chi connectivity index (χ1v) is 9.44. The van der Waals surface area contributed by atoms with E-state index in [1.807, 2.05) is 0 Å². The molecule has 3 heterocycles. The molecule has 0 amide bonds. The van der Waals surface area contributed by atoms with Crippen molar-refractivity contribution >= 4 is 32.7 Å². The van der Waals surface area contributed by atoms with Crippen molar-refractivity contribution in [1.29, 1.82) is 0 Å². The highest BCUT2D eigenvalue weighted by molar-refractivity contribution is 7.22. The fourth-order valence-corrected chi connectivity index (χ4v) is 4.42. The predicted octanol–water partition coefficient (Wildman–Crippen LogP) is 3.68. The molecular weight excluding hydrogens is 355 g/mol. The van der Waals surface area contributed by atoms with E-state index >= 15 is 0 Å². The molecule has 1 aromatic carbocycles. The molecule has 0 radical (unpaired) electrons. The zero-order valence-electron chi connectivity index (χ0n) is 14.4. The number of aryl methyl sites for hydroxylation is 1. The maximum atomic E-state index is 14.1. The third-order valence-corrected chi connectivity index (χ3v) is 5.74. The molecule has 0 saturated carbocycles. The maximum Gasteiger partial charge on any atom is 0.356 e.